The number of halogens is 1. The van der Waals surface area contributed by atoms with E-state index in [0.717, 1.165) is 10.0 Å². The van der Waals surface area contributed by atoms with Crippen molar-refractivity contribution >= 4 is 39.6 Å². The lowest BCUT2D eigenvalue weighted by Gasteiger charge is -2.07. The molecule has 0 atom stereocenters. The molecule has 0 radical (unpaired) electrons. The summed E-state index contributed by atoms with van der Waals surface area (Å²) >= 11 is 3.36. The molecule has 0 aliphatic heterocycles. The molecule has 0 saturated heterocycles. The number of benzene rings is 3. The highest BCUT2D eigenvalue weighted by molar-refractivity contribution is 9.10. The lowest BCUT2D eigenvalue weighted by atomic mass is 10.1. The molecule has 0 aliphatic rings. The first-order chi connectivity index (χ1) is 14.0. The van der Waals surface area contributed by atoms with Crippen molar-refractivity contribution < 1.29 is 14.3 Å². The van der Waals surface area contributed by atoms with E-state index in [1.165, 1.54) is 0 Å². The molecule has 2 N–H and O–H groups in total. The normalized spacial score (nSPS) is 10.6. The van der Waals surface area contributed by atoms with Crippen molar-refractivity contribution in [2.75, 3.05) is 12.4 Å². The molecule has 0 spiro atoms. The summed E-state index contributed by atoms with van der Waals surface area (Å²) in [4.78, 5) is 24.7. The van der Waals surface area contributed by atoms with Crippen molar-refractivity contribution in [3.8, 4) is 5.75 Å². The molecule has 0 bridgehead atoms. The molecule has 146 valence electrons. The van der Waals surface area contributed by atoms with Crippen molar-refractivity contribution in [3.63, 3.8) is 0 Å². The van der Waals surface area contributed by atoms with Crippen molar-refractivity contribution in [1.82, 2.24) is 5.43 Å². The first-order valence-corrected chi connectivity index (χ1v) is 9.49. The zero-order valence-electron chi connectivity index (χ0n) is 15.6. The minimum Gasteiger partial charge on any atom is -0.497 e. The second kappa shape index (κ2) is 9.66. The van der Waals surface area contributed by atoms with Gasteiger partial charge < -0.3 is 10.1 Å². The smallest absolute Gasteiger partial charge is 0.271 e. The van der Waals surface area contributed by atoms with Gasteiger partial charge in [-0.05, 0) is 60.2 Å². The van der Waals surface area contributed by atoms with E-state index in [1.54, 1.807) is 61.9 Å². The molecule has 2 amide bonds. The van der Waals surface area contributed by atoms with E-state index in [1.807, 2.05) is 24.3 Å². The maximum Gasteiger partial charge on any atom is 0.271 e. The van der Waals surface area contributed by atoms with E-state index in [4.69, 9.17) is 4.74 Å². The number of ether oxygens (including phenoxy) is 1. The lowest BCUT2D eigenvalue weighted by Crippen LogP contribution is -2.18. The number of nitrogens with zero attached hydrogens (tertiary/aromatic N) is 1. The summed E-state index contributed by atoms with van der Waals surface area (Å²) in [5.41, 5.74) is 4.71. The summed E-state index contributed by atoms with van der Waals surface area (Å²) < 4.78 is 6.05. The summed E-state index contributed by atoms with van der Waals surface area (Å²) in [6, 6.07) is 20.9. The van der Waals surface area contributed by atoms with Gasteiger partial charge in [-0.25, -0.2) is 5.43 Å². The van der Waals surface area contributed by atoms with Gasteiger partial charge in [-0.15, -0.1) is 0 Å². The standard InChI is InChI=1S/C22H18BrN3O3/c1-29-20-11-7-16(8-12-20)21(27)25-19-4-2-3-17(13-19)22(28)26-24-14-15-5-9-18(23)10-6-15/h2-14H,1H3,(H,25,27)(H,26,28)/b24-14-. The van der Waals surface area contributed by atoms with E-state index >= 15 is 0 Å². The Morgan fingerprint density at radius 2 is 1.66 bits per heavy atom. The highest BCUT2D eigenvalue weighted by Gasteiger charge is 2.09. The highest BCUT2D eigenvalue weighted by atomic mass is 79.9. The van der Waals surface area contributed by atoms with Crippen LogP contribution in [0.2, 0.25) is 0 Å². The lowest BCUT2D eigenvalue weighted by molar-refractivity contribution is 0.0953. The van der Waals surface area contributed by atoms with Gasteiger partial charge in [-0.2, -0.15) is 5.10 Å². The first kappa shape index (κ1) is 20.3. The summed E-state index contributed by atoms with van der Waals surface area (Å²) in [5, 5.41) is 6.74. The van der Waals surface area contributed by atoms with Crippen molar-refractivity contribution in [3.05, 3.63) is 94.0 Å². The van der Waals surface area contributed by atoms with Gasteiger partial charge in [0.05, 0.1) is 13.3 Å². The third-order valence-electron chi connectivity index (χ3n) is 3.98. The second-order valence-corrected chi connectivity index (χ2v) is 6.93. The average molecular weight is 452 g/mol. The number of carbonyl (C=O) groups is 2. The van der Waals surface area contributed by atoms with Crippen LogP contribution in [0.3, 0.4) is 0 Å². The number of hydrazone groups is 1. The predicted octanol–water partition coefficient (Wildman–Crippen LogP) is 4.47. The van der Waals surface area contributed by atoms with Crippen LogP contribution in [-0.4, -0.2) is 25.1 Å². The van der Waals surface area contributed by atoms with Gasteiger partial charge >= 0.3 is 0 Å². The molecule has 0 saturated carbocycles. The number of amides is 2. The third kappa shape index (κ3) is 5.76. The van der Waals surface area contributed by atoms with Gasteiger partial charge in [0.25, 0.3) is 11.8 Å². The van der Waals surface area contributed by atoms with Crippen LogP contribution in [0.1, 0.15) is 26.3 Å². The minimum absolute atomic E-state index is 0.279. The number of carbonyl (C=O) groups excluding carboxylic acids is 2. The molecule has 7 heteroatoms. The highest BCUT2D eigenvalue weighted by Crippen LogP contribution is 2.15. The van der Waals surface area contributed by atoms with Crippen molar-refractivity contribution in [2.24, 2.45) is 5.10 Å². The van der Waals surface area contributed by atoms with E-state index in [0.29, 0.717) is 22.6 Å². The van der Waals surface area contributed by atoms with Crippen molar-refractivity contribution in [2.45, 2.75) is 0 Å². The van der Waals surface area contributed by atoms with Crippen LogP contribution in [-0.2, 0) is 0 Å². The van der Waals surface area contributed by atoms with Crippen molar-refractivity contribution in [1.29, 1.82) is 0 Å². The zero-order chi connectivity index (χ0) is 20.6. The van der Waals surface area contributed by atoms with Crippen LogP contribution in [0.5, 0.6) is 5.75 Å². The fourth-order valence-electron chi connectivity index (χ4n) is 2.46. The Kier molecular flexibility index (Phi) is 6.76. The molecule has 3 rings (SSSR count). The topological polar surface area (TPSA) is 79.8 Å². The Bertz CT molecular complexity index is 1030. The molecule has 0 aliphatic carbocycles. The SMILES string of the molecule is COc1ccc(C(=O)Nc2cccc(C(=O)N/N=C\c3ccc(Br)cc3)c2)cc1. The van der Waals surface area contributed by atoms with E-state index in [-0.39, 0.29) is 11.8 Å². The first-order valence-electron chi connectivity index (χ1n) is 8.69. The number of anilines is 1. The average Bonchev–Trinajstić information content (AvgIpc) is 2.75. The van der Waals surface area contributed by atoms with Crippen LogP contribution in [0.15, 0.2) is 82.4 Å². The molecule has 3 aromatic rings. The summed E-state index contributed by atoms with van der Waals surface area (Å²) in [6.45, 7) is 0. The summed E-state index contributed by atoms with van der Waals surface area (Å²) in [7, 11) is 1.56. The second-order valence-electron chi connectivity index (χ2n) is 6.01. The molecule has 0 fully saturated rings. The fourth-order valence-corrected chi connectivity index (χ4v) is 2.73. The Morgan fingerprint density at radius 3 is 2.34 bits per heavy atom. The Balaban J connectivity index is 1.62. The van der Waals surface area contributed by atoms with Gasteiger partial charge in [-0.1, -0.05) is 34.1 Å². The molecule has 6 nitrogen and oxygen atoms in total. The largest absolute Gasteiger partial charge is 0.497 e. The maximum absolute atomic E-state index is 12.4. The Labute approximate surface area is 176 Å². The van der Waals surface area contributed by atoms with Gasteiger partial charge in [0.2, 0.25) is 0 Å². The summed E-state index contributed by atoms with van der Waals surface area (Å²) in [6.07, 6.45) is 1.56. The molecule has 0 aromatic heterocycles. The minimum atomic E-state index is -0.376. The molecule has 0 unspecified atom stereocenters. The Morgan fingerprint density at radius 1 is 0.931 bits per heavy atom. The van der Waals surface area contributed by atoms with Crippen LogP contribution < -0.4 is 15.5 Å². The predicted molar refractivity (Wildman–Crippen MR) is 117 cm³/mol. The van der Waals surface area contributed by atoms with Gasteiger partial charge in [0.15, 0.2) is 0 Å². The van der Waals surface area contributed by atoms with E-state index < -0.39 is 0 Å². The molecule has 29 heavy (non-hydrogen) atoms. The Hall–Kier alpha value is -3.45. The number of nitrogens with one attached hydrogen (secondary N) is 2. The van der Waals surface area contributed by atoms with Crippen LogP contribution in [0, 0.1) is 0 Å². The molecule has 3 aromatic carbocycles. The number of hydrogen-bond acceptors (Lipinski definition) is 4. The van der Waals surface area contributed by atoms with Gasteiger partial charge in [0.1, 0.15) is 5.75 Å². The van der Waals surface area contributed by atoms with E-state index in [2.05, 4.69) is 31.8 Å². The fraction of sp³-hybridized carbons (Fsp3) is 0.0455. The third-order valence-corrected chi connectivity index (χ3v) is 4.51. The molecular formula is C22H18BrN3O3. The molecular weight excluding hydrogens is 434 g/mol. The number of hydrogen-bond donors (Lipinski definition) is 2. The number of rotatable bonds is 6. The van der Waals surface area contributed by atoms with Crippen LogP contribution >= 0.6 is 15.9 Å². The zero-order valence-corrected chi connectivity index (χ0v) is 17.1. The van der Waals surface area contributed by atoms with Gasteiger partial charge in [0, 0.05) is 21.3 Å². The quantitative estimate of drug-likeness (QED) is 0.428. The monoisotopic (exact) mass is 451 g/mol. The number of methoxy groups -OCH3 is 1. The summed E-state index contributed by atoms with van der Waals surface area (Å²) in [5.74, 6) is 0.0151. The van der Waals surface area contributed by atoms with Gasteiger partial charge in [-0.3, -0.25) is 9.59 Å². The van der Waals surface area contributed by atoms with Crippen LogP contribution in [0.25, 0.3) is 0 Å². The van der Waals surface area contributed by atoms with Crippen LogP contribution in [0.4, 0.5) is 5.69 Å². The maximum atomic E-state index is 12.4. The molecule has 0 heterocycles. The van der Waals surface area contributed by atoms with E-state index in [9.17, 15) is 9.59 Å².